The summed E-state index contributed by atoms with van der Waals surface area (Å²) in [7, 11) is 3.67. The standard InChI is InChI=1S/C37H33N3O4S/c1-39-21-29(22-16-18-25(43-2)19-17-22)37(36(39)28-15-7-12-23-11-6-13-26(30(23)28)32(36)41)34(42)40-31(24-9-4-3-5-10-24)27-14-8-20-44-33(27)38-35(40)45-37/h3-7,9-13,15-19,27,29,31,33H,8,14,20-21H2,1-2H3/t27?,29-,31?,33?,36+,37-/m1/s1. The van der Waals surface area contributed by atoms with Gasteiger partial charge in [-0.05, 0) is 59.5 Å². The number of amidine groups is 1. The highest BCUT2D eigenvalue weighted by Crippen LogP contribution is 2.68. The molecule has 3 fully saturated rings. The van der Waals surface area contributed by atoms with Crippen LogP contribution >= 0.6 is 11.8 Å². The molecule has 45 heavy (non-hydrogen) atoms. The maximum atomic E-state index is 15.8. The number of rotatable bonds is 3. The molecule has 4 aromatic carbocycles. The van der Waals surface area contributed by atoms with Crippen LogP contribution in [0.2, 0.25) is 0 Å². The van der Waals surface area contributed by atoms with E-state index in [-0.39, 0.29) is 35.8 Å². The summed E-state index contributed by atoms with van der Waals surface area (Å²) >= 11 is 1.49. The number of ether oxygens (including phenoxy) is 2. The molecule has 0 aromatic heterocycles. The Morgan fingerprint density at radius 3 is 2.49 bits per heavy atom. The van der Waals surface area contributed by atoms with Gasteiger partial charge < -0.3 is 9.47 Å². The summed E-state index contributed by atoms with van der Waals surface area (Å²) in [6.07, 6.45) is 1.51. The molecule has 1 aliphatic carbocycles. The highest BCUT2D eigenvalue weighted by molar-refractivity contribution is 8.16. The van der Waals surface area contributed by atoms with Crippen LogP contribution in [0.3, 0.4) is 0 Å². The van der Waals surface area contributed by atoms with Gasteiger partial charge in [-0.2, -0.15) is 0 Å². The maximum Gasteiger partial charge on any atom is 0.249 e. The summed E-state index contributed by atoms with van der Waals surface area (Å²) in [6, 6.07) is 30.1. The Morgan fingerprint density at radius 1 is 0.933 bits per heavy atom. The summed E-state index contributed by atoms with van der Waals surface area (Å²) in [5.74, 6) is 0.415. The van der Waals surface area contributed by atoms with E-state index in [0.717, 1.165) is 46.1 Å². The molecule has 9 rings (SSSR count). The van der Waals surface area contributed by atoms with Crippen molar-refractivity contribution in [3.8, 4) is 5.75 Å². The first-order valence-corrected chi connectivity index (χ1v) is 16.5. The van der Waals surface area contributed by atoms with Gasteiger partial charge in [0.1, 0.15) is 16.0 Å². The quantitative estimate of drug-likeness (QED) is 0.276. The fourth-order valence-corrected chi connectivity index (χ4v) is 10.8. The number of thioether (sulfide) groups is 1. The van der Waals surface area contributed by atoms with Gasteiger partial charge in [0.15, 0.2) is 17.2 Å². The van der Waals surface area contributed by atoms with Crippen molar-refractivity contribution < 1.29 is 19.1 Å². The number of ketones is 1. The number of amides is 1. The fourth-order valence-electron chi connectivity index (χ4n) is 9.02. The van der Waals surface area contributed by atoms with E-state index in [1.165, 1.54) is 11.8 Å². The van der Waals surface area contributed by atoms with Crippen LogP contribution in [0.4, 0.5) is 0 Å². The number of methoxy groups -OCH3 is 1. The van der Waals surface area contributed by atoms with Crippen LogP contribution in [-0.4, -0.2) is 64.9 Å². The van der Waals surface area contributed by atoms with Crippen molar-refractivity contribution in [1.29, 1.82) is 0 Å². The number of Topliss-reactive ketones (excluding diaryl/α,β-unsaturated/α-hetero) is 1. The lowest BCUT2D eigenvalue weighted by molar-refractivity contribution is -0.137. The van der Waals surface area contributed by atoms with Crippen LogP contribution < -0.4 is 4.74 Å². The molecule has 5 aliphatic rings. The van der Waals surface area contributed by atoms with Gasteiger partial charge >= 0.3 is 0 Å². The first-order valence-electron chi connectivity index (χ1n) is 15.7. The first kappa shape index (κ1) is 27.3. The highest BCUT2D eigenvalue weighted by atomic mass is 32.2. The lowest BCUT2D eigenvalue weighted by Gasteiger charge is -2.45. The van der Waals surface area contributed by atoms with Crippen LogP contribution in [0.1, 0.15) is 51.8 Å². The van der Waals surface area contributed by atoms with E-state index in [0.29, 0.717) is 23.9 Å². The van der Waals surface area contributed by atoms with Gasteiger partial charge in [0, 0.05) is 30.6 Å². The normalized spacial score (nSPS) is 32.0. The predicted molar refractivity (Wildman–Crippen MR) is 175 cm³/mol. The van der Waals surface area contributed by atoms with Gasteiger partial charge in [0.2, 0.25) is 5.91 Å². The first-order chi connectivity index (χ1) is 22.0. The van der Waals surface area contributed by atoms with Gasteiger partial charge in [-0.1, -0.05) is 90.6 Å². The largest absolute Gasteiger partial charge is 0.497 e. The van der Waals surface area contributed by atoms with Crippen molar-refractivity contribution in [2.45, 2.75) is 41.3 Å². The SMILES string of the molecule is COc1ccc([C@H]2CN(C)[C@@]3(C(=O)c4cccc5cccc3c45)[C@@]23SC2=NC4OCCCC4C(c4ccccc4)N2C3=O)cc1. The zero-order valence-electron chi connectivity index (χ0n) is 25.2. The second-order valence-electron chi connectivity index (χ2n) is 12.8. The van der Waals surface area contributed by atoms with Gasteiger partial charge in [-0.25, -0.2) is 4.99 Å². The number of likely N-dealkylation sites (N-methyl/N-ethyl adjacent to an activating group) is 1. The third kappa shape index (κ3) is 3.37. The summed E-state index contributed by atoms with van der Waals surface area (Å²) < 4.78 is 10.6. The third-order valence-electron chi connectivity index (χ3n) is 10.8. The molecule has 0 N–H and O–H groups in total. The maximum absolute atomic E-state index is 15.8. The van der Waals surface area contributed by atoms with E-state index in [1.807, 2.05) is 60.5 Å². The molecule has 7 nitrogen and oxygen atoms in total. The second kappa shape index (κ2) is 9.76. The zero-order valence-corrected chi connectivity index (χ0v) is 26.0. The number of fused-ring (bicyclic) bond motifs is 4. The number of aliphatic imine (C=N–C) groups is 1. The summed E-state index contributed by atoms with van der Waals surface area (Å²) in [5.41, 5.74) is 2.44. The molecule has 4 aromatic rings. The molecule has 3 saturated heterocycles. The molecule has 1 amide bonds. The summed E-state index contributed by atoms with van der Waals surface area (Å²) in [4.78, 5) is 40.3. The Hall–Kier alpha value is -3.98. The number of carbonyl (C=O) groups excluding carboxylic acids is 2. The minimum atomic E-state index is -1.23. The average Bonchev–Trinajstić information content (AvgIpc) is 3.63. The molecule has 2 spiro atoms. The Kier molecular flexibility index (Phi) is 5.93. The monoisotopic (exact) mass is 615 g/mol. The summed E-state index contributed by atoms with van der Waals surface area (Å²) in [6.45, 7) is 1.18. The van der Waals surface area contributed by atoms with Crippen LogP contribution in [0, 0.1) is 5.92 Å². The second-order valence-corrected chi connectivity index (χ2v) is 14.0. The molecular weight excluding hydrogens is 582 g/mol. The highest BCUT2D eigenvalue weighted by Gasteiger charge is 2.78. The van der Waals surface area contributed by atoms with Crippen LogP contribution in [0.25, 0.3) is 10.8 Å². The van der Waals surface area contributed by atoms with Gasteiger partial charge in [-0.15, -0.1) is 0 Å². The topological polar surface area (TPSA) is 71.4 Å². The number of hydrogen-bond acceptors (Lipinski definition) is 7. The summed E-state index contributed by atoms with van der Waals surface area (Å²) in [5, 5.41) is 2.61. The van der Waals surface area contributed by atoms with Crippen molar-refractivity contribution in [1.82, 2.24) is 9.80 Å². The Labute approximate surface area is 266 Å². The predicted octanol–water partition coefficient (Wildman–Crippen LogP) is 6.15. The lowest BCUT2D eigenvalue weighted by atomic mass is 9.70. The number of benzene rings is 4. The molecule has 0 radical (unpaired) electrons. The van der Waals surface area contributed by atoms with E-state index in [9.17, 15) is 0 Å². The smallest absolute Gasteiger partial charge is 0.249 e. The molecule has 0 bridgehead atoms. The number of carbonyl (C=O) groups is 2. The molecule has 4 aliphatic heterocycles. The van der Waals surface area contributed by atoms with Crippen LogP contribution in [-0.2, 0) is 15.1 Å². The molecule has 3 unspecified atom stereocenters. The van der Waals surface area contributed by atoms with E-state index in [1.54, 1.807) is 7.11 Å². The fraction of sp³-hybridized carbons (Fsp3) is 0.324. The molecular formula is C37H33N3O4S. The molecule has 0 saturated carbocycles. The van der Waals surface area contributed by atoms with Crippen molar-refractivity contribution in [3.05, 3.63) is 113 Å². The van der Waals surface area contributed by atoms with Gasteiger partial charge in [0.05, 0.1) is 13.2 Å². The van der Waals surface area contributed by atoms with Crippen LogP contribution in [0.15, 0.2) is 96.0 Å². The Balaban J connectivity index is 1.32. The van der Waals surface area contributed by atoms with Gasteiger partial charge in [-0.3, -0.25) is 19.4 Å². The number of likely N-dealkylation sites (tertiary alicyclic amines) is 1. The molecule has 4 heterocycles. The van der Waals surface area contributed by atoms with Gasteiger partial charge in [0.25, 0.3) is 0 Å². The minimum absolute atomic E-state index is 0.0148. The molecule has 226 valence electrons. The number of hydrogen-bond donors (Lipinski definition) is 0. The Bertz CT molecular complexity index is 1910. The average molecular weight is 616 g/mol. The van der Waals surface area contributed by atoms with E-state index in [4.69, 9.17) is 14.5 Å². The third-order valence-corrected chi connectivity index (χ3v) is 12.4. The van der Waals surface area contributed by atoms with Crippen molar-refractivity contribution in [2.24, 2.45) is 10.9 Å². The van der Waals surface area contributed by atoms with Crippen molar-refractivity contribution >= 4 is 39.4 Å². The van der Waals surface area contributed by atoms with E-state index >= 15 is 9.59 Å². The van der Waals surface area contributed by atoms with Crippen molar-refractivity contribution in [3.63, 3.8) is 0 Å². The Morgan fingerprint density at radius 2 is 1.71 bits per heavy atom. The molecule has 6 atom stereocenters. The van der Waals surface area contributed by atoms with Crippen molar-refractivity contribution in [2.75, 3.05) is 27.3 Å². The van der Waals surface area contributed by atoms with Crippen LogP contribution in [0.5, 0.6) is 5.75 Å². The molecule has 8 heteroatoms. The lowest BCUT2D eigenvalue weighted by Crippen LogP contribution is -2.61. The number of nitrogens with zero attached hydrogens (tertiary/aromatic N) is 3. The van der Waals surface area contributed by atoms with E-state index < -0.39 is 10.3 Å². The zero-order chi connectivity index (χ0) is 30.5. The minimum Gasteiger partial charge on any atom is -0.497 e. The van der Waals surface area contributed by atoms with E-state index in [2.05, 4.69) is 47.4 Å².